The first-order valence-corrected chi connectivity index (χ1v) is 5.95. The molecule has 4 nitrogen and oxygen atoms in total. The van der Waals surface area contributed by atoms with E-state index in [0.29, 0.717) is 0 Å². The number of pyridine rings is 1. The summed E-state index contributed by atoms with van der Waals surface area (Å²) in [7, 11) is 1.95. The molecule has 0 amide bonds. The van der Waals surface area contributed by atoms with Crippen molar-refractivity contribution in [3.05, 3.63) is 48.3 Å². The number of nitrogens with one attached hydrogen (secondary N) is 1. The van der Waals surface area contributed by atoms with Crippen LogP contribution in [0.5, 0.6) is 0 Å². The molecule has 2 aromatic heterocycles. The van der Waals surface area contributed by atoms with Crippen molar-refractivity contribution in [3.63, 3.8) is 0 Å². The lowest BCUT2D eigenvalue weighted by Crippen LogP contribution is -2.22. The van der Waals surface area contributed by atoms with Crippen molar-refractivity contribution in [1.29, 1.82) is 0 Å². The molecule has 0 aliphatic carbocycles. The Morgan fingerprint density at radius 2 is 2.06 bits per heavy atom. The minimum Gasteiger partial charge on any atom is -0.333 e. The molecule has 0 bridgehead atoms. The Balaban J connectivity index is 2.32. The van der Waals surface area contributed by atoms with E-state index in [1.54, 1.807) is 0 Å². The number of nitrogens with zero attached hydrogens (tertiary/aromatic N) is 3. The van der Waals surface area contributed by atoms with Crippen LogP contribution in [0.3, 0.4) is 0 Å². The Hall–Kier alpha value is -1.68. The van der Waals surface area contributed by atoms with E-state index in [0.717, 1.165) is 18.8 Å². The minimum atomic E-state index is 0.125. The third-order valence-electron chi connectivity index (χ3n) is 2.80. The largest absolute Gasteiger partial charge is 0.333 e. The summed E-state index contributed by atoms with van der Waals surface area (Å²) < 4.78 is 2.20. The first-order valence-electron chi connectivity index (χ1n) is 5.95. The van der Waals surface area contributed by atoms with Gasteiger partial charge in [0.15, 0.2) is 0 Å². The second-order valence-corrected chi connectivity index (χ2v) is 3.98. The van der Waals surface area contributed by atoms with Crippen molar-refractivity contribution < 1.29 is 0 Å². The highest BCUT2D eigenvalue weighted by Gasteiger charge is 2.16. The van der Waals surface area contributed by atoms with Crippen LogP contribution in [-0.4, -0.2) is 21.6 Å². The second-order valence-electron chi connectivity index (χ2n) is 3.98. The van der Waals surface area contributed by atoms with Crippen LogP contribution in [0.2, 0.25) is 0 Å². The number of hydrogen-bond donors (Lipinski definition) is 1. The number of imidazole rings is 1. The predicted octanol–water partition coefficient (Wildman–Crippen LogP) is 2.00. The Morgan fingerprint density at radius 3 is 2.71 bits per heavy atom. The summed E-state index contributed by atoms with van der Waals surface area (Å²) in [5.41, 5.74) is 1.19. The van der Waals surface area contributed by atoms with Gasteiger partial charge in [0.1, 0.15) is 5.82 Å². The zero-order valence-electron chi connectivity index (χ0n) is 10.3. The van der Waals surface area contributed by atoms with Crippen molar-refractivity contribution in [2.24, 2.45) is 0 Å². The molecule has 0 aliphatic heterocycles. The van der Waals surface area contributed by atoms with Gasteiger partial charge in [-0.3, -0.25) is 4.98 Å². The van der Waals surface area contributed by atoms with Crippen molar-refractivity contribution in [2.75, 3.05) is 7.05 Å². The van der Waals surface area contributed by atoms with Crippen LogP contribution in [-0.2, 0) is 6.54 Å². The summed E-state index contributed by atoms with van der Waals surface area (Å²) in [5, 5.41) is 3.31. The maximum Gasteiger partial charge on any atom is 0.130 e. The molecule has 1 unspecified atom stereocenters. The van der Waals surface area contributed by atoms with Gasteiger partial charge in [-0.2, -0.15) is 0 Å². The molecule has 0 aromatic carbocycles. The molecule has 0 saturated heterocycles. The van der Waals surface area contributed by atoms with Gasteiger partial charge in [0, 0.05) is 31.3 Å². The molecule has 0 fully saturated rings. The van der Waals surface area contributed by atoms with Gasteiger partial charge in [-0.1, -0.05) is 6.92 Å². The third kappa shape index (κ3) is 2.53. The Kier molecular flexibility index (Phi) is 3.88. The average Bonchev–Trinajstić information content (AvgIpc) is 2.81. The van der Waals surface area contributed by atoms with Gasteiger partial charge in [-0.05, 0) is 31.2 Å². The molecule has 17 heavy (non-hydrogen) atoms. The highest BCUT2D eigenvalue weighted by atomic mass is 15.1. The highest BCUT2D eigenvalue weighted by Crippen LogP contribution is 2.19. The lowest BCUT2D eigenvalue weighted by atomic mass is 10.1. The molecule has 2 rings (SSSR count). The molecule has 2 heterocycles. The summed E-state index contributed by atoms with van der Waals surface area (Å²) in [5.74, 6) is 1.06. The molecule has 0 aliphatic rings. The maximum atomic E-state index is 4.46. The molecule has 1 atom stereocenters. The standard InChI is InChI=1S/C13H18N4/c1-3-9-17-10-8-16-13(17)12(14-2)11-4-6-15-7-5-11/h4-8,10,12,14H,3,9H2,1-2H3. The smallest absolute Gasteiger partial charge is 0.130 e. The average molecular weight is 230 g/mol. The van der Waals surface area contributed by atoms with Crippen LogP contribution in [0, 0.1) is 0 Å². The van der Waals surface area contributed by atoms with Gasteiger partial charge in [0.25, 0.3) is 0 Å². The van der Waals surface area contributed by atoms with Gasteiger partial charge >= 0.3 is 0 Å². The number of aryl methyl sites for hydroxylation is 1. The summed E-state index contributed by atoms with van der Waals surface area (Å²) in [6.45, 7) is 3.17. The van der Waals surface area contributed by atoms with E-state index in [4.69, 9.17) is 0 Å². The normalized spacial score (nSPS) is 12.6. The van der Waals surface area contributed by atoms with Crippen molar-refractivity contribution >= 4 is 0 Å². The summed E-state index contributed by atoms with van der Waals surface area (Å²) >= 11 is 0. The SMILES string of the molecule is CCCn1ccnc1C(NC)c1ccncc1. The van der Waals surface area contributed by atoms with Crippen LogP contribution >= 0.6 is 0 Å². The predicted molar refractivity (Wildman–Crippen MR) is 67.7 cm³/mol. The van der Waals surface area contributed by atoms with E-state index in [9.17, 15) is 0 Å². The first-order chi connectivity index (χ1) is 8.36. The minimum absolute atomic E-state index is 0.125. The molecular formula is C13H18N4. The first kappa shape index (κ1) is 11.8. The van der Waals surface area contributed by atoms with Crippen molar-refractivity contribution in [1.82, 2.24) is 19.9 Å². The topological polar surface area (TPSA) is 42.7 Å². The number of rotatable bonds is 5. The molecule has 0 radical (unpaired) electrons. The Labute approximate surface area is 102 Å². The van der Waals surface area contributed by atoms with E-state index in [1.165, 1.54) is 5.56 Å². The highest BCUT2D eigenvalue weighted by molar-refractivity contribution is 5.22. The fourth-order valence-electron chi connectivity index (χ4n) is 2.01. The van der Waals surface area contributed by atoms with E-state index in [-0.39, 0.29) is 6.04 Å². The Morgan fingerprint density at radius 1 is 1.29 bits per heavy atom. The lowest BCUT2D eigenvalue weighted by molar-refractivity contribution is 0.567. The van der Waals surface area contributed by atoms with Gasteiger partial charge in [0.2, 0.25) is 0 Å². The molecule has 4 heteroatoms. The maximum absolute atomic E-state index is 4.46. The van der Waals surface area contributed by atoms with Crippen LogP contribution in [0.15, 0.2) is 36.9 Å². The van der Waals surface area contributed by atoms with Crippen molar-refractivity contribution in [2.45, 2.75) is 25.9 Å². The molecule has 2 aromatic rings. The number of aromatic nitrogens is 3. The molecular weight excluding hydrogens is 212 g/mol. The monoisotopic (exact) mass is 230 g/mol. The van der Waals surface area contributed by atoms with Crippen LogP contribution < -0.4 is 5.32 Å². The Bertz CT molecular complexity index is 449. The summed E-state index contributed by atoms with van der Waals surface area (Å²) in [6, 6.07) is 4.16. The van der Waals surface area contributed by atoms with Crippen molar-refractivity contribution in [3.8, 4) is 0 Å². The lowest BCUT2D eigenvalue weighted by Gasteiger charge is -2.17. The zero-order chi connectivity index (χ0) is 12.1. The van der Waals surface area contributed by atoms with Crippen LogP contribution in [0.1, 0.15) is 30.8 Å². The molecule has 0 spiro atoms. The van der Waals surface area contributed by atoms with E-state index in [1.807, 2.05) is 44.0 Å². The third-order valence-corrected chi connectivity index (χ3v) is 2.80. The fourth-order valence-corrected chi connectivity index (χ4v) is 2.01. The quantitative estimate of drug-likeness (QED) is 0.854. The van der Waals surface area contributed by atoms with Gasteiger partial charge < -0.3 is 9.88 Å². The van der Waals surface area contributed by atoms with E-state index in [2.05, 4.69) is 26.8 Å². The molecule has 0 saturated carbocycles. The van der Waals surface area contributed by atoms with Crippen LogP contribution in [0.4, 0.5) is 0 Å². The fraction of sp³-hybridized carbons (Fsp3) is 0.385. The second kappa shape index (κ2) is 5.59. The van der Waals surface area contributed by atoms with Crippen LogP contribution in [0.25, 0.3) is 0 Å². The molecule has 90 valence electrons. The van der Waals surface area contributed by atoms with E-state index < -0.39 is 0 Å². The number of hydrogen-bond acceptors (Lipinski definition) is 3. The molecule has 1 N–H and O–H groups in total. The van der Waals surface area contributed by atoms with E-state index >= 15 is 0 Å². The van der Waals surface area contributed by atoms with Gasteiger partial charge in [-0.15, -0.1) is 0 Å². The van der Waals surface area contributed by atoms with Gasteiger partial charge in [-0.25, -0.2) is 4.98 Å². The van der Waals surface area contributed by atoms with Gasteiger partial charge in [0.05, 0.1) is 6.04 Å². The zero-order valence-corrected chi connectivity index (χ0v) is 10.3. The summed E-state index contributed by atoms with van der Waals surface area (Å²) in [4.78, 5) is 8.51. The summed E-state index contributed by atoms with van der Waals surface area (Å²) in [6.07, 6.45) is 8.62.